The molecule has 1 heterocycles. The molecule has 6 nitrogen and oxygen atoms in total. The number of nitrogens with zero attached hydrogens (tertiary/aromatic N) is 1. The highest BCUT2D eigenvalue weighted by Gasteiger charge is 2.17. The van der Waals surface area contributed by atoms with E-state index in [2.05, 4.69) is 15.5 Å². The molecule has 2 amide bonds. The molecule has 6 heteroatoms. The Kier molecular flexibility index (Phi) is 6.31. The molecule has 0 radical (unpaired) electrons. The number of piperidine rings is 1. The van der Waals surface area contributed by atoms with Gasteiger partial charge in [-0.05, 0) is 74.2 Å². The Bertz CT molecular complexity index is 841. The fourth-order valence-electron chi connectivity index (χ4n) is 3.23. The van der Waals surface area contributed by atoms with Gasteiger partial charge in [-0.2, -0.15) is 0 Å². The van der Waals surface area contributed by atoms with Crippen molar-refractivity contribution < 1.29 is 14.7 Å². The molecule has 2 aromatic carbocycles. The SMILES string of the molecule is Cc1ccc(C(=O)NCC(=O)Nc2ccc(N3CCC(O)CC3)cc2)cc1C. The average molecular weight is 381 g/mol. The third kappa shape index (κ3) is 5.10. The van der Waals surface area contributed by atoms with Gasteiger partial charge in [0.25, 0.3) is 5.91 Å². The van der Waals surface area contributed by atoms with Gasteiger partial charge in [0.2, 0.25) is 5.91 Å². The standard InChI is InChI=1S/C22H27N3O3/c1-15-3-4-17(13-16(15)2)22(28)23-14-21(27)24-18-5-7-19(8-6-18)25-11-9-20(26)10-12-25/h3-8,13,20,26H,9-12,14H2,1-2H3,(H,23,28)(H,24,27). The number of hydrogen-bond donors (Lipinski definition) is 3. The van der Waals surface area contributed by atoms with Crippen molar-refractivity contribution in [2.24, 2.45) is 0 Å². The lowest BCUT2D eigenvalue weighted by atomic mass is 10.1. The molecule has 0 saturated carbocycles. The van der Waals surface area contributed by atoms with Crippen LogP contribution < -0.4 is 15.5 Å². The van der Waals surface area contributed by atoms with Gasteiger partial charge in [0.15, 0.2) is 0 Å². The number of carbonyl (C=O) groups excluding carboxylic acids is 2. The Hall–Kier alpha value is -2.86. The zero-order valence-corrected chi connectivity index (χ0v) is 16.4. The highest BCUT2D eigenvalue weighted by molar-refractivity contribution is 5.99. The monoisotopic (exact) mass is 381 g/mol. The summed E-state index contributed by atoms with van der Waals surface area (Å²) in [5, 5.41) is 15.0. The van der Waals surface area contributed by atoms with Gasteiger partial charge in [-0.1, -0.05) is 6.07 Å². The van der Waals surface area contributed by atoms with Crippen molar-refractivity contribution in [1.29, 1.82) is 0 Å². The van der Waals surface area contributed by atoms with Crippen LogP contribution in [0.2, 0.25) is 0 Å². The molecule has 0 aliphatic carbocycles. The molecule has 1 aliphatic rings. The highest BCUT2D eigenvalue weighted by Crippen LogP contribution is 2.22. The van der Waals surface area contributed by atoms with Gasteiger partial charge in [-0.25, -0.2) is 0 Å². The molecular formula is C22H27N3O3. The quantitative estimate of drug-likeness (QED) is 0.744. The number of hydrogen-bond acceptors (Lipinski definition) is 4. The number of carbonyl (C=O) groups is 2. The summed E-state index contributed by atoms with van der Waals surface area (Å²) >= 11 is 0. The van der Waals surface area contributed by atoms with Crippen molar-refractivity contribution >= 4 is 23.2 Å². The normalized spacial score (nSPS) is 14.6. The van der Waals surface area contributed by atoms with Crippen molar-refractivity contribution in [2.45, 2.75) is 32.8 Å². The van der Waals surface area contributed by atoms with Crippen molar-refractivity contribution in [1.82, 2.24) is 5.32 Å². The molecule has 0 unspecified atom stereocenters. The van der Waals surface area contributed by atoms with Crippen LogP contribution in [0.15, 0.2) is 42.5 Å². The summed E-state index contributed by atoms with van der Waals surface area (Å²) in [4.78, 5) is 26.5. The molecule has 148 valence electrons. The summed E-state index contributed by atoms with van der Waals surface area (Å²) in [5.74, 6) is -0.535. The van der Waals surface area contributed by atoms with Crippen molar-refractivity contribution in [3.8, 4) is 0 Å². The number of anilines is 2. The molecule has 2 aromatic rings. The molecule has 0 bridgehead atoms. The molecular weight excluding hydrogens is 354 g/mol. The number of nitrogens with one attached hydrogen (secondary N) is 2. The van der Waals surface area contributed by atoms with Gasteiger partial charge in [-0.15, -0.1) is 0 Å². The van der Waals surface area contributed by atoms with E-state index in [1.54, 1.807) is 6.07 Å². The number of aliphatic hydroxyl groups is 1. The Morgan fingerprint density at radius 3 is 2.36 bits per heavy atom. The van der Waals surface area contributed by atoms with Crippen LogP contribution in [-0.4, -0.2) is 42.7 Å². The summed E-state index contributed by atoms with van der Waals surface area (Å²) in [6, 6.07) is 13.1. The molecule has 0 atom stereocenters. The summed E-state index contributed by atoms with van der Waals surface area (Å²) in [6.45, 7) is 5.52. The fraction of sp³-hybridized carbons (Fsp3) is 0.364. The van der Waals surface area contributed by atoms with E-state index < -0.39 is 0 Å². The first kappa shape index (κ1) is 19.9. The number of rotatable bonds is 5. The highest BCUT2D eigenvalue weighted by atomic mass is 16.3. The lowest BCUT2D eigenvalue weighted by Gasteiger charge is -2.31. The van der Waals surface area contributed by atoms with Crippen LogP contribution in [0.1, 0.15) is 34.3 Å². The second-order valence-corrected chi connectivity index (χ2v) is 7.29. The molecule has 3 rings (SSSR count). The fourth-order valence-corrected chi connectivity index (χ4v) is 3.23. The number of aliphatic hydroxyl groups excluding tert-OH is 1. The maximum absolute atomic E-state index is 12.2. The van der Waals surface area contributed by atoms with Crippen LogP contribution in [0.3, 0.4) is 0 Å². The summed E-state index contributed by atoms with van der Waals surface area (Å²) in [5.41, 5.74) is 4.48. The Labute approximate surface area is 165 Å². The van der Waals surface area contributed by atoms with Crippen LogP contribution in [0.25, 0.3) is 0 Å². The second kappa shape index (κ2) is 8.89. The van der Waals surface area contributed by atoms with E-state index >= 15 is 0 Å². The molecule has 1 fully saturated rings. The summed E-state index contributed by atoms with van der Waals surface area (Å²) < 4.78 is 0. The van der Waals surface area contributed by atoms with Gasteiger partial charge in [0.1, 0.15) is 0 Å². The van der Waals surface area contributed by atoms with E-state index in [-0.39, 0.29) is 24.5 Å². The zero-order chi connectivity index (χ0) is 20.1. The zero-order valence-electron chi connectivity index (χ0n) is 16.4. The smallest absolute Gasteiger partial charge is 0.251 e. The largest absolute Gasteiger partial charge is 0.393 e. The van der Waals surface area contributed by atoms with Crippen molar-refractivity contribution in [3.05, 3.63) is 59.2 Å². The summed E-state index contributed by atoms with van der Waals surface area (Å²) in [6.07, 6.45) is 1.35. The lowest BCUT2D eigenvalue weighted by Crippen LogP contribution is -2.35. The van der Waals surface area contributed by atoms with Gasteiger partial charge >= 0.3 is 0 Å². The van der Waals surface area contributed by atoms with E-state index in [0.29, 0.717) is 11.3 Å². The Morgan fingerprint density at radius 1 is 1.04 bits per heavy atom. The van der Waals surface area contributed by atoms with Gasteiger partial charge in [0.05, 0.1) is 12.6 Å². The number of aryl methyl sites for hydroxylation is 2. The average Bonchev–Trinajstić information content (AvgIpc) is 2.69. The third-order valence-electron chi connectivity index (χ3n) is 5.16. The van der Waals surface area contributed by atoms with Crippen LogP contribution in [-0.2, 0) is 4.79 Å². The van der Waals surface area contributed by atoms with Crippen LogP contribution in [0.5, 0.6) is 0 Å². The maximum Gasteiger partial charge on any atom is 0.251 e. The lowest BCUT2D eigenvalue weighted by molar-refractivity contribution is -0.115. The van der Waals surface area contributed by atoms with Crippen LogP contribution in [0, 0.1) is 13.8 Å². The molecule has 1 saturated heterocycles. The first-order valence-corrected chi connectivity index (χ1v) is 9.61. The first-order chi connectivity index (χ1) is 13.4. The number of benzene rings is 2. The molecule has 28 heavy (non-hydrogen) atoms. The maximum atomic E-state index is 12.2. The Morgan fingerprint density at radius 2 is 1.71 bits per heavy atom. The van der Waals surface area contributed by atoms with Crippen LogP contribution >= 0.6 is 0 Å². The topological polar surface area (TPSA) is 81.7 Å². The van der Waals surface area contributed by atoms with Crippen molar-refractivity contribution in [3.63, 3.8) is 0 Å². The predicted molar refractivity (Wildman–Crippen MR) is 111 cm³/mol. The van der Waals surface area contributed by atoms with E-state index in [4.69, 9.17) is 0 Å². The minimum Gasteiger partial charge on any atom is -0.393 e. The summed E-state index contributed by atoms with van der Waals surface area (Å²) in [7, 11) is 0. The molecule has 0 spiro atoms. The minimum absolute atomic E-state index is 0.0858. The molecule has 1 aliphatic heterocycles. The first-order valence-electron chi connectivity index (χ1n) is 9.61. The third-order valence-corrected chi connectivity index (χ3v) is 5.16. The van der Waals surface area contributed by atoms with E-state index in [0.717, 1.165) is 42.7 Å². The van der Waals surface area contributed by atoms with E-state index in [1.165, 1.54) is 0 Å². The molecule has 3 N–H and O–H groups in total. The second-order valence-electron chi connectivity index (χ2n) is 7.29. The van der Waals surface area contributed by atoms with Gasteiger partial charge in [0, 0.05) is 30.0 Å². The predicted octanol–water partition coefficient (Wildman–Crippen LogP) is 2.63. The molecule has 0 aromatic heterocycles. The van der Waals surface area contributed by atoms with E-state index in [1.807, 2.05) is 50.2 Å². The minimum atomic E-state index is -0.272. The van der Waals surface area contributed by atoms with E-state index in [9.17, 15) is 14.7 Å². The van der Waals surface area contributed by atoms with Crippen molar-refractivity contribution in [2.75, 3.05) is 29.9 Å². The Balaban J connectivity index is 1.49. The van der Waals surface area contributed by atoms with Crippen LogP contribution in [0.4, 0.5) is 11.4 Å². The van der Waals surface area contributed by atoms with Gasteiger partial charge < -0.3 is 20.6 Å². The van der Waals surface area contributed by atoms with Gasteiger partial charge in [-0.3, -0.25) is 9.59 Å². The number of amides is 2.